The summed E-state index contributed by atoms with van der Waals surface area (Å²) in [5, 5.41) is 3.04. The van der Waals surface area contributed by atoms with Crippen LogP contribution in [0, 0.1) is 0 Å². The number of hydrogen-bond acceptors (Lipinski definition) is 3. The highest BCUT2D eigenvalue weighted by Gasteiger charge is 2.24. The van der Waals surface area contributed by atoms with Crippen molar-refractivity contribution in [2.75, 3.05) is 44.7 Å². The summed E-state index contributed by atoms with van der Waals surface area (Å²) in [4.78, 5) is 15.7. The number of nitrogens with zero attached hydrogens (tertiary/aromatic N) is 1. The Hall–Kier alpha value is -1.75. The van der Waals surface area contributed by atoms with Crippen molar-refractivity contribution in [3.8, 4) is 5.75 Å². The zero-order valence-electron chi connectivity index (χ0n) is 13.9. The number of quaternary nitrogens is 1. The summed E-state index contributed by atoms with van der Waals surface area (Å²) in [6.07, 6.45) is 0.975. The molecule has 122 valence electrons. The molecule has 0 spiro atoms. The predicted molar refractivity (Wildman–Crippen MR) is 88.7 cm³/mol. The van der Waals surface area contributed by atoms with E-state index in [0.29, 0.717) is 6.54 Å². The molecule has 0 aromatic heterocycles. The SMILES string of the molecule is CC[C@@H](C)NC(=O)C[NH+]1CCN(c2ccccc2OC)CC1. The Morgan fingerprint density at radius 1 is 1.36 bits per heavy atom. The largest absolute Gasteiger partial charge is 0.495 e. The van der Waals surface area contributed by atoms with Crippen LogP contribution in [0.2, 0.25) is 0 Å². The van der Waals surface area contributed by atoms with Gasteiger partial charge in [-0.05, 0) is 25.5 Å². The van der Waals surface area contributed by atoms with Crippen molar-refractivity contribution < 1.29 is 14.4 Å². The molecule has 1 saturated heterocycles. The molecular weight excluding hydrogens is 278 g/mol. The van der Waals surface area contributed by atoms with Crippen molar-refractivity contribution in [1.82, 2.24) is 5.32 Å². The maximum absolute atomic E-state index is 12.0. The topological polar surface area (TPSA) is 46.0 Å². The monoisotopic (exact) mass is 306 g/mol. The smallest absolute Gasteiger partial charge is 0.275 e. The number of anilines is 1. The number of amides is 1. The molecule has 2 N–H and O–H groups in total. The van der Waals surface area contributed by atoms with Crippen molar-refractivity contribution >= 4 is 11.6 Å². The molecule has 5 nitrogen and oxygen atoms in total. The summed E-state index contributed by atoms with van der Waals surface area (Å²) in [6.45, 7) is 8.57. The lowest BCUT2D eigenvalue weighted by Crippen LogP contribution is -3.16. The first-order chi connectivity index (χ1) is 10.6. The third-order valence-electron chi connectivity index (χ3n) is 4.33. The maximum atomic E-state index is 12.0. The molecule has 5 heteroatoms. The predicted octanol–water partition coefficient (Wildman–Crippen LogP) is 0.315. The van der Waals surface area contributed by atoms with E-state index < -0.39 is 0 Å². The number of piperazine rings is 1. The highest BCUT2D eigenvalue weighted by atomic mass is 16.5. The molecule has 0 bridgehead atoms. The van der Waals surface area contributed by atoms with E-state index in [0.717, 1.165) is 44.0 Å². The van der Waals surface area contributed by atoms with Crippen LogP contribution in [0.3, 0.4) is 0 Å². The van der Waals surface area contributed by atoms with E-state index in [4.69, 9.17) is 4.74 Å². The second-order valence-corrected chi connectivity index (χ2v) is 5.96. The third kappa shape index (κ3) is 4.37. The number of benzene rings is 1. The average Bonchev–Trinajstić information content (AvgIpc) is 2.55. The van der Waals surface area contributed by atoms with E-state index in [1.54, 1.807) is 7.11 Å². The van der Waals surface area contributed by atoms with Gasteiger partial charge in [0.25, 0.3) is 5.91 Å². The van der Waals surface area contributed by atoms with Crippen molar-refractivity contribution in [2.24, 2.45) is 0 Å². The van der Waals surface area contributed by atoms with Gasteiger partial charge in [-0.3, -0.25) is 4.79 Å². The first kappa shape index (κ1) is 16.6. The van der Waals surface area contributed by atoms with Crippen LogP contribution in [0.25, 0.3) is 0 Å². The number of carbonyl (C=O) groups is 1. The third-order valence-corrected chi connectivity index (χ3v) is 4.33. The lowest BCUT2D eigenvalue weighted by atomic mass is 10.2. The zero-order valence-corrected chi connectivity index (χ0v) is 13.9. The zero-order chi connectivity index (χ0) is 15.9. The van der Waals surface area contributed by atoms with Crippen LogP contribution in [0.15, 0.2) is 24.3 Å². The number of rotatable bonds is 6. The molecule has 0 saturated carbocycles. The van der Waals surface area contributed by atoms with Crippen LogP contribution in [-0.2, 0) is 4.79 Å². The van der Waals surface area contributed by atoms with E-state index in [-0.39, 0.29) is 11.9 Å². The van der Waals surface area contributed by atoms with Crippen LogP contribution in [0.1, 0.15) is 20.3 Å². The summed E-state index contributed by atoms with van der Waals surface area (Å²) in [5.41, 5.74) is 1.15. The molecule has 0 aliphatic carbocycles. The van der Waals surface area contributed by atoms with Gasteiger partial charge in [-0.1, -0.05) is 19.1 Å². The van der Waals surface area contributed by atoms with Gasteiger partial charge in [-0.25, -0.2) is 0 Å². The summed E-state index contributed by atoms with van der Waals surface area (Å²) in [5.74, 6) is 1.08. The lowest BCUT2D eigenvalue weighted by molar-refractivity contribution is -0.892. The van der Waals surface area contributed by atoms with Crippen LogP contribution in [0.4, 0.5) is 5.69 Å². The fourth-order valence-corrected chi connectivity index (χ4v) is 2.79. The van der Waals surface area contributed by atoms with Crippen molar-refractivity contribution in [1.29, 1.82) is 0 Å². The van der Waals surface area contributed by atoms with Crippen molar-refractivity contribution in [3.63, 3.8) is 0 Å². The van der Waals surface area contributed by atoms with Gasteiger partial charge in [0.15, 0.2) is 6.54 Å². The average molecular weight is 306 g/mol. The van der Waals surface area contributed by atoms with Gasteiger partial charge in [-0.15, -0.1) is 0 Å². The lowest BCUT2D eigenvalue weighted by Gasteiger charge is -2.34. The number of ether oxygens (including phenoxy) is 1. The second-order valence-electron chi connectivity index (χ2n) is 5.96. The van der Waals surface area contributed by atoms with Gasteiger partial charge in [0.1, 0.15) is 5.75 Å². The van der Waals surface area contributed by atoms with E-state index in [9.17, 15) is 4.79 Å². The van der Waals surface area contributed by atoms with Gasteiger partial charge in [0.2, 0.25) is 0 Å². The Kier molecular flexibility index (Phi) is 6.07. The van der Waals surface area contributed by atoms with Gasteiger partial charge in [-0.2, -0.15) is 0 Å². The standard InChI is InChI=1S/C17H27N3O2/c1-4-14(2)18-17(21)13-19-9-11-20(12-10-19)15-7-5-6-8-16(15)22-3/h5-8,14H,4,9-13H2,1-3H3,(H,18,21)/p+1/t14-/m1/s1. The fourth-order valence-electron chi connectivity index (χ4n) is 2.79. The van der Waals surface area contributed by atoms with Gasteiger partial charge < -0.3 is 19.9 Å². The highest BCUT2D eigenvalue weighted by molar-refractivity contribution is 5.77. The Labute approximate surface area is 133 Å². The van der Waals surface area contributed by atoms with Crippen molar-refractivity contribution in [3.05, 3.63) is 24.3 Å². The molecule has 1 aromatic carbocycles. The Bertz CT molecular complexity index is 485. The summed E-state index contributed by atoms with van der Waals surface area (Å²) in [7, 11) is 1.71. The molecule has 1 aliphatic heterocycles. The molecule has 22 heavy (non-hydrogen) atoms. The molecule has 1 fully saturated rings. The molecule has 2 rings (SSSR count). The molecule has 1 amide bonds. The highest BCUT2D eigenvalue weighted by Crippen LogP contribution is 2.27. The Balaban J connectivity index is 1.84. The molecule has 0 unspecified atom stereocenters. The first-order valence-corrected chi connectivity index (χ1v) is 8.15. The number of para-hydroxylation sites is 2. The van der Waals surface area contributed by atoms with Gasteiger partial charge in [0, 0.05) is 6.04 Å². The normalized spacial score (nSPS) is 17.1. The molecule has 0 radical (unpaired) electrons. The van der Waals surface area contributed by atoms with E-state index >= 15 is 0 Å². The van der Waals surface area contributed by atoms with E-state index in [2.05, 4.69) is 23.2 Å². The summed E-state index contributed by atoms with van der Waals surface area (Å²) >= 11 is 0. The number of hydrogen-bond donors (Lipinski definition) is 2. The minimum absolute atomic E-state index is 0.162. The van der Waals surface area contributed by atoms with Crippen molar-refractivity contribution in [2.45, 2.75) is 26.3 Å². The molecule has 1 atom stereocenters. The van der Waals surface area contributed by atoms with Gasteiger partial charge >= 0.3 is 0 Å². The van der Waals surface area contributed by atoms with Crippen LogP contribution >= 0.6 is 0 Å². The van der Waals surface area contributed by atoms with Crippen LogP contribution < -0.4 is 19.9 Å². The number of nitrogens with one attached hydrogen (secondary N) is 2. The quantitative estimate of drug-likeness (QED) is 0.795. The maximum Gasteiger partial charge on any atom is 0.275 e. The molecule has 1 aromatic rings. The Morgan fingerprint density at radius 3 is 2.68 bits per heavy atom. The molecular formula is C17H28N3O2+. The van der Waals surface area contributed by atoms with Crippen LogP contribution in [0.5, 0.6) is 5.75 Å². The molecule has 1 aliphatic rings. The number of methoxy groups -OCH3 is 1. The first-order valence-electron chi connectivity index (χ1n) is 8.15. The summed E-state index contributed by atoms with van der Waals surface area (Å²) < 4.78 is 5.43. The summed E-state index contributed by atoms with van der Waals surface area (Å²) in [6, 6.07) is 8.38. The Morgan fingerprint density at radius 2 is 2.05 bits per heavy atom. The van der Waals surface area contributed by atoms with Gasteiger partial charge in [0.05, 0.1) is 39.0 Å². The molecule has 1 heterocycles. The fraction of sp³-hybridized carbons (Fsp3) is 0.588. The van der Waals surface area contributed by atoms with E-state index in [1.165, 1.54) is 4.90 Å². The van der Waals surface area contributed by atoms with Crippen LogP contribution in [-0.4, -0.2) is 51.8 Å². The minimum Gasteiger partial charge on any atom is -0.495 e. The van der Waals surface area contributed by atoms with E-state index in [1.807, 2.05) is 25.1 Å². The second kappa shape index (κ2) is 8.03. The number of carbonyl (C=O) groups excluding carboxylic acids is 1. The minimum atomic E-state index is 0.162.